The quantitative estimate of drug-likeness (QED) is 0.603. The monoisotopic (exact) mass is 151 g/mol. The standard InChI is InChI=1S/C9H13NO/c10-5-1-2-7-6-8-3-4-9(7)11-8/h7-9H,1-4,6H2. The van der Waals surface area contributed by atoms with E-state index in [-0.39, 0.29) is 0 Å². The first-order chi connectivity index (χ1) is 5.40. The minimum absolute atomic E-state index is 0.508. The molecule has 2 aliphatic heterocycles. The summed E-state index contributed by atoms with van der Waals surface area (Å²) in [6.45, 7) is 0. The lowest BCUT2D eigenvalue weighted by atomic mass is 9.86. The van der Waals surface area contributed by atoms with Gasteiger partial charge in [-0.15, -0.1) is 0 Å². The summed E-state index contributed by atoms with van der Waals surface area (Å²) in [5, 5.41) is 8.41. The Morgan fingerprint density at radius 2 is 2.36 bits per heavy atom. The molecule has 2 heterocycles. The van der Waals surface area contributed by atoms with E-state index in [1.807, 2.05) is 0 Å². The molecule has 2 aliphatic rings. The molecule has 0 saturated carbocycles. The van der Waals surface area contributed by atoms with Crippen molar-refractivity contribution in [3.8, 4) is 6.07 Å². The number of nitrogens with zero attached hydrogens (tertiary/aromatic N) is 1. The van der Waals surface area contributed by atoms with E-state index in [4.69, 9.17) is 10.00 Å². The summed E-state index contributed by atoms with van der Waals surface area (Å²) in [6, 6.07) is 2.20. The first-order valence-electron chi connectivity index (χ1n) is 4.42. The molecule has 11 heavy (non-hydrogen) atoms. The summed E-state index contributed by atoms with van der Waals surface area (Å²) in [5.41, 5.74) is 0. The van der Waals surface area contributed by atoms with Gasteiger partial charge in [-0.2, -0.15) is 5.26 Å². The molecule has 0 aromatic rings. The number of hydrogen-bond acceptors (Lipinski definition) is 2. The summed E-state index contributed by atoms with van der Waals surface area (Å²) in [5.74, 6) is 0.702. The molecule has 3 unspecified atom stereocenters. The number of fused-ring (bicyclic) bond motifs is 2. The summed E-state index contributed by atoms with van der Waals surface area (Å²) in [4.78, 5) is 0. The fraction of sp³-hybridized carbons (Fsp3) is 0.889. The molecule has 2 rings (SSSR count). The van der Waals surface area contributed by atoms with Crippen LogP contribution in [0.25, 0.3) is 0 Å². The van der Waals surface area contributed by atoms with Gasteiger partial charge in [-0.1, -0.05) is 0 Å². The molecule has 0 aromatic carbocycles. The Bertz CT molecular complexity index is 184. The second-order valence-corrected chi connectivity index (χ2v) is 3.57. The number of rotatable bonds is 2. The van der Waals surface area contributed by atoms with Crippen LogP contribution in [0.4, 0.5) is 0 Å². The first-order valence-corrected chi connectivity index (χ1v) is 4.42. The number of ether oxygens (including phenoxy) is 1. The van der Waals surface area contributed by atoms with Crippen LogP contribution in [0.2, 0.25) is 0 Å². The van der Waals surface area contributed by atoms with Crippen molar-refractivity contribution >= 4 is 0 Å². The molecular formula is C9H13NO. The van der Waals surface area contributed by atoms with Gasteiger partial charge >= 0.3 is 0 Å². The third kappa shape index (κ3) is 1.25. The van der Waals surface area contributed by atoms with Crippen LogP contribution in [0.15, 0.2) is 0 Å². The lowest BCUT2D eigenvalue weighted by molar-refractivity contribution is 0.0915. The van der Waals surface area contributed by atoms with Crippen molar-refractivity contribution in [3.05, 3.63) is 0 Å². The van der Waals surface area contributed by atoms with E-state index < -0.39 is 0 Å². The zero-order chi connectivity index (χ0) is 7.68. The van der Waals surface area contributed by atoms with Crippen molar-refractivity contribution in [1.82, 2.24) is 0 Å². The molecule has 0 N–H and O–H groups in total. The smallest absolute Gasteiger partial charge is 0.0621 e. The van der Waals surface area contributed by atoms with Crippen LogP contribution in [0.1, 0.15) is 32.1 Å². The van der Waals surface area contributed by atoms with Gasteiger partial charge in [0.2, 0.25) is 0 Å². The molecule has 2 nitrogen and oxygen atoms in total. The fourth-order valence-corrected chi connectivity index (χ4v) is 2.30. The lowest BCUT2D eigenvalue weighted by Crippen LogP contribution is -2.15. The molecule has 0 aromatic heterocycles. The highest BCUT2D eigenvalue weighted by molar-refractivity contribution is 4.90. The molecule has 60 valence electrons. The SMILES string of the molecule is N#CCCC1CC2CCC1O2. The Kier molecular flexibility index (Phi) is 1.83. The number of hydrogen-bond donors (Lipinski definition) is 0. The number of nitriles is 1. The summed E-state index contributed by atoms with van der Waals surface area (Å²) in [7, 11) is 0. The molecule has 2 heteroatoms. The normalized spacial score (nSPS) is 40.8. The maximum atomic E-state index is 8.41. The molecule has 0 radical (unpaired) electrons. The third-order valence-corrected chi connectivity index (χ3v) is 2.86. The average molecular weight is 151 g/mol. The van der Waals surface area contributed by atoms with Gasteiger partial charge in [0.1, 0.15) is 0 Å². The predicted octanol–water partition coefficient (Wildman–Crippen LogP) is 1.86. The Labute approximate surface area is 67.2 Å². The highest BCUT2D eigenvalue weighted by Gasteiger charge is 2.39. The summed E-state index contributed by atoms with van der Waals surface area (Å²) >= 11 is 0. The van der Waals surface area contributed by atoms with Crippen molar-refractivity contribution in [3.63, 3.8) is 0 Å². The van der Waals surface area contributed by atoms with E-state index in [0.717, 1.165) is 6.42 Å². The van der Waals surface area contributed by atoms with Crippen LogP contribution in [-0.4, -0.2) is 12.2 Å². The highest BCUT2D eigenvalue weighted by atomic mass is 16.5. The summed E-state index contributed by atoms with van der Waals surface area (Å²) < 4.78 is 5.67. The minimum atomic E-state index is 0.508. The minimum Gasteiger partial charge on any atom is -0.375 e. The van der Waals surface area contributed by atoms with E-state index in [1.165, 1.54) is 19.3 Å². The van der Waals surface area contributed by atoms with Crippen LogP contribution >= 0.6 is 0 Å². The molecule has 0 amide bonds. The largest absolute Gasteiger partial charge is 0.375 e. The van der Waals surface area contributed by atoms with Gasteiger partial charge in [-0.3, -0.25) is 0 Å². The molecule has 2 saturated heterocycles. The van der Waals surface area contributed by atoms with Crippen LogP contribution in [0.3, 0.4) is 0 Å². The second kappa shape index (κ2) is 2.83. The molecular weight excluding hydrogens is 138 g/mol. The van der Waals surface area contributed by atoms with Crippen molar-refractivity contribution in [2.75, 3.05) is 0 Å². The second-order valence-electron chi connectivity index (χ2n) is 3.57. The van der Waals surface area contributed by atoms with Crippen molar-refractivity contribution in [1.29, 1.82) is 5.26 Å². The molecule has 2 fully saturated rings. The Balaban J connectivity index is 1.84. The maximum Gasteiger partial charge on any atom is 0.0621 e. The maximum absolute atomic E-state index is 8.41. The average Bonchev–Trinajstić information content (AvgIpc) is 2.60. The first kappa shape index (κ1) is 7.12. The van der Waals surface area contributed by atoms with Crippen LogP contribution in [0.5, 0.6) is 0 Å². The van der Waals surface area contributed by atoms with E-state index in [0.29, 0.717) is 24.5 Å². The molecule has 3 atom stereocenters. The van der Waals surface area contributed by atoms with Crippen LogP contribution < -0.4 is 0 Å². The van der Waals surface area contributed by atoms with Gasteiger partial charge in [0.15, 0.2) is 0 Å². The Morgan fingerprint density at radius 1 is 1.45 bits per heavy atom. The Morgan fingerprint density at radius 3 is 2.91 bits per heavy atom. The van der Waals surface area contributed by atoms with Crippen molar-refractivity contribution < 1.29 is 4.74 Å². The van der Waals surface area contributed by atoms with Crippen molar-refractivity contribution in [2.45, 2.75) is 44.3 Å². The predicted molar refractivity (Wildman–Crippen MR) is 40.8 cm³/mol. The van der Waals surface area contributed by atoms with Gasteiger partial charge in [0.05, 0.1) is 18.3 Å². The van der Waals surface area contributed by atoms with Gasteiger partial charge < -0.3 is 4.74 Å². The van der Waals surface area contributed by atoms with Gasteiger partial charge in [-0.25, -0.2) is 0 Å². The van der Waals surface area contributed by atoms with E-state index in [2.05, 4.69) is 6.07 Å². The van der Waals surface area contributed by atoms with E-state index in [1.54, 1.807) is 0 Å². The van der Waals surface area contributed by atoms with Gasteiger partial charge in [0.25, 0.3) is 0 Å². The third-order valence-electron chi connectivity index (χ3n) is 2.86. The van der Waals surface area contributed by atoms with E-state index >= 15 is 0 Å². The summed E-state index contributed by atoms with van der Waals surface area (Å²) in [6.07, 6.45) is 6.52. The lowest BCUT2D eigenvalue weighted by Gasteiger charge is -2.16. The Hall–Kier alpha value is -0.550. The zero-order valence-electron chi connectivity index (χ0n) is 6.62. The van der Waals surface area contributed by atoms with Crippen LogP contribution in [0, 0.1) is 17.2 Å². The topological polar surface area (TPSA) is 33.0 Å². The molecule has 0 aliphatic carbocycles. The van der Waals surface area contributed by atoms with Crippen molar-refractivity contribution in [2.24, 2.45) is 5.92 Å². The molecule has 2 bridgehead atoms. The van der Waals surface area contributed by atoms with Gasteiger partial charge in [0, 0.05) is 6.42 Å². The fourth-order valence-electron chi connectivity index (χ4n) is 2.30. The highest BCUT2D eigenvalue weighted by Crippen LogP contribution is 2.40. The van der Waals surface area contributed by atoms with Gasteiger partial charge in [-0.05, 0) is 31.6 Å². The zero-order valence-corrected chi connectivity index (χ0v) is 6.62. The van der Waals surface area contributed by atoms with E-state index in [9.17, 15) is 0 Å². The molecule has 0 spiro atoms. The van der Waals surface area contributed by atoms with Crippen LogP contribution in [-0.2, 0) is 4.74 Å².